The molecule has 0 atom stereocenters. The van der Waals surface area contributed by atoms with E-state index < -0.39 is 14.4 Å². The highest BCUT2D eigenvalue weighted by Gasteiger charge is 2.37. The Balaban J connectivity index is 1.56. The first-order chi connectivity index (χ1) is 21.3. The Morgan fingerprint density at radius 2 is 1.80 bits per heavy atom. The van der Waals surface area contributed by atoms with Gasteiger partial charge in [0.05, 0.1) is 53.5 Å². The fraction of sp³-hybridized carbons (Fsp3) is 0.364. The molecule has 0 unspecified atom stereocenters. The van der Waals surface area contributed by atoms with Gasteiger partial charge in [0.1, 0.15) is 5.01 Å². The van der Waals surface area contributed by atoms with Gasteiger partial charge in [-0.15, -0.1) is 16.4 Å². The summed E-state index contributed by atoms with van der Waals surface area (Å²) >= 11 is 1.52. The summed E-state index contributed by atoms with van der Waals surface area (Å²) in [5.74, 6) is 0.914. The summed E-state index contributed by atoms with van der Waals surface area (Å²) in [6.45, 7) is 17.4. The van der Waals surface area contributed by atoms with Gasteiger partial charge in [0, 0.05) is 23.5 Å². The molecule has 0 fully saturated rings. The van der Waals surface area contributed by atoms with Gasteiger partial charge in [-0.3, -0.25) is 4.98 Å². The lowest BCUT2D eigenvalue weighted by molar-refractivity contribution is 0.131. The van der Waals surface area contributed by atoms with Gasteiger partial charge in [-0.2, -0.15) is 0 Å². The van der Waals surface area contributed by atoms with Crippen molar-refractivity contribution < 1.29 is 23.5 Å². The number of amides is 1. The van der Waals surface area contributed by atoms with E-state index in [1.807, 2.05) is 32.0 Å². The van der Waals surface area contributed by atoms with Gasteiger partial charge in [0.25, 0.3) is 0 Å². The Bertz CT molecular complexity index is 1870. The zero-order chi connectivity index (χ0) is 32.5. The molecule has 0 saturated carbocycles. The lowest BCUT2D eigenvalue weighted by Crippen LogP contribution is -2.40. The Morgan fingerprint density at radius 1 is 1.02 bits per heavy atom. The lowest BCUT2D eigenvalue weighted by Gasteiger charge is -2.36. The highest BCUT2D eigenvalue weighted by molar-refractivity contribution is 7.21. The molecule has 45 heavy (non-hydrogen) atoms. The van der Waals surface area contributed by atoms with Crippen LogP contribution in [0.15, 0.2) is 48.8 Å². The normalized spacial score (nSPS) is 12.0. The largest absolute Gasteiger partial charge is 0.480 e. The summed E-state index contributed by atoms with van der Waals surface area (Å²) in [4.78, 5) is 37.7. The van der Waals surface area contributed by atoms with Crippen molar-refractivity contribution in [2.75, 3.05) is 18.8 Å². The van der Waals surface area contributed by atoms with Gasteiger partial charge >= 0.3 is 6.09 Å². The zero-order valence-electron chi connectivity index (χ0n) is 27.2. The number of anilines is 1. The fourth-order valence-corrected chi connectivity index (χ4v) is 6.51. The molecular weight excluding hydrogens is 607 g/mol. The van der Waals surface area contributed by atoms with Crippen molar-refractivity contribution in [2.45, 2.75) is 66.3 Å². The van der Waals surface area contributed by atoms with Crippen LogP contribution in [0.25, 0.3) is 31.8 Å². The number of methoxy groups -OCH3 is 1. The minimum atomic E-state index is -1.99. The second-order valence-electron chi connectivity index (χ2n) is 12.3. The van der Waals surface area contributed by atoms with E-state index in [9.17, 15) is 4.79 Å². The number of aryl methyl sites for hydroxylation is 2. The molecule has 5 rings (SSSR count). The van der Waals surface area contributed by atoms with Crippen LogP contribution < -0.4 is 14.6 Å². The maximum atomic E-state index is 12.9. The number of pyridine rings is 1. The number of hydrogen-bond acceptors (Lipinski definition) is 10. The van der Waals surface area contributed by atoms with Crippen LogP contribution in [0.4, 0.5) is 10.5 Å². The molecule has 0 aliphatic rings. The third-order valence-electron chi connectivity index (χ3n) is 7.93. The van der Waals surface area contributed by atoms with Crippen LogP contribution in [-0.4, -0.2) is 48.1 Å². The van der Waals surface area contributed by atoms with Crippen LogP contribution >= 0.6 is 11.3 Å². The Morgan fingerprint density at radius 3 is 2.49 bits per heavy atom. The monoisotopic (exact) mass is 645 g/mol. The average molecular weight is 646 g/mol. The Kier molecular flexibility index (Phi) is 9.11. The topological polar surface area (TPSA) is 109 Å². The van der Waals surface area contributed by atoms with Gasteiger partial charge in [0.2, 0.25) is 5.88 Å². The summed E-state index contributed by atoms with van der Waals surface area (Å²) in [5, 5.41) is 2.01. The maximum absolute atomic E-state index is 12.9. The summed E-state index contributed by atoms with van der Waals surface area (Å²) in [7, 11) is -0.413. The number of carbonyl (C=O) groups is 1. The van der Waals surface area contributed by atoms with E-state index in [0.717, 1.165) is 48.2 Å². The summed E-state index contributed by atoms with van der Waals surface area (Å²) in [6.07, 6.45) is 2.62. The fourth-order valence-electron chi connectivity index (χ4n) is 4.46. The maximum Gasteiger partial charge on any atom is 0.448 e. The number of carbonyl (C=O) groups excluding carboxylic acids is 1. The zero-order valence-corrected chi connectivity index (χ0v) is 29.0. The number of fused-ring (bicyclic) bond motifs is 2. The van der Waals surface area contributed by atoms with E-state index >= 15 is 0 Å². The number of thiazole rings is 1. The van der Waals surface area contributed by atoms with Crippen molar-refractivity contribution in [3.05, 3.63) is 65.6 Å². The van der Waals surface area contributed by atoms with Crippen molar-refractivity contribution in [2.24, 2.45) is 0 Å². The quantitative estimate of drug-likeness (QED) is 0.115. The molecule has 236 valence electrons. The third-order valence-corrected chi connectivity index (χ3v) is 13.4. The summed E-state index contributed by atoms with van der Waals surface area (Å²) < 4.78 is 18.1. The van der Waals surface area contributed by atoms with Crippen LogP contribution in [0.3, 0.4) is 0 Å². The number of benzene rings is 2. The van der Waals surface area contributed by atoms with E-state index in [-0.39, 0.29) is 11.6 Å². The molecule has 5 aromatic rings. The number of hydroxylamine groups is 1. The van der Waals surface area contributed by atoms with Crippen molar-refractivity contribution in [3.63, 3.8) is 0 Å². The van der Waals surface area contributed by atoms with E-state index in [4.69, 9.17) is 33.7 Å². The van der Waals surface area contributed by atoms with Crippen LogP contribution in [0.1, 0.15) is 44.5 Å². The Labute approximate surface area is 268 Å². The smallest absolute Gasteiger partial charge is 0.448 e. The molecule has 3 aromatic heterocycles. The molecule has 10 nitrogen and oxygen atoms in total. The van der Waals surface area contributed by atoms with E-state index in [2.05, 4.69) is 44.9 Å². The molecule has 1 amide bonds. The van der Waals surface area contributed by atoms with Gasteiger partial charge < -0.3 is 18.7 Å². The van der Waals surface area contributed by atoms with Crippen LogP contribution in [0, 0.1) is 13.8 Å². The average Bonchev–Trinajstić information content (AvgIpc) is 3.42. The van der Waals surface area contributed by atoms with Gasteiger partial charge in [-0.25, -0.2) is 19.7 Å². The molecule has 12 heteroatoms. The first-order valence-electron chi connectivity index (χ1n) is 14.8. The highest BCUT2D eigenvalue weighted by Crippen LogP contribution is 2.40. The van der Waals surface area contributed by atoms with Crippen LogP contribution in [0.5, 0.6) is 11.6 Å². The van der Waals surface area contributed by atoms with Crippen molar-refractivity contribution in [3.8, 4) is 22.2 Å². The number of rotatable bonds is 9. The molecule has 2 aromatic carbocycles. The lowest BCUT2D eigenvalue weighted by atomic mass is 10.1. The second kappa shape index (κ2) is 12.7. The van der Waals surface area contributed by atoms with E-state index in [1.54, 1.807) is 38.6 Å². The molecule has 0 aliphatic heterocycles. The summed E-state index contributed by atoms with van der Waals surface area (Å²) in [5.41, 5.74) is 6.27. The predicted molar refractivity (Wildman–Crippen MR) is 181 cm³/mol. The molecule has 3 heterocycles. The highest BCUT2D eigenvalue weighted by atomic mass is 32.1. The molecular formula is C33H39N5O5SSi. The van der Waals surface area contributed by atoms with Crippen LogP contribution in [0.2, 0.25) is 18.1 Å². The first-order valence-corrected chi connectivity index (χ1v) is 18.5. The summed E-state index contributed by atoms with van der Waals surface area (Å²) in [6, 6.07) is 11.3. The molecule has 0 bridgehead atoms. The molecule has 0 saturated heterocycles. The number of nitrogens with zero attached hydrogens (tertiary/aromatic N) is 5. The minimum absolute atomic E-state index is 0.0825. The Hall–Kier alpha value is -4.13. The number of hydrogen-bond donors (Lipinski definition) is 0. The van der Waals surface area contributed by atoms with E-state index in [1.165, 1.54) is 11.3 Å². The van der Waals surface area contributed by atoms with Gasteiger partial charge in [0.15, 0.2) is 14.1 Å². The van der Waals surface area contributed by atoms with Crippen LogP contribution in [-0.2, 0) is 15.8 Å². The SMILES string of the molecule is CCOC(=O)N(Oc1cc(C)c2nc(-c3cc(CO[Si](C)(C)C(C)(C)C)cc4nc(OC)cnc34)sc2c1)c1ccnc(C)c1. The third kappa shape index (κ3) is 6.92. The number of ether oxygens (including phenoxy) is 2. The van der Waals surface area contributed by atoms with Gasteiger partial charge in [-0.1, -0.05) is 20.8 Å². The minimum Gasteiger partial charge on any atom is -0.480 e. The number of aromatic nitrogens is 4. The van der Waals surface area contributed by atoms with Crippen molar-refractivity contribution >= 4 is 52.7 Å². The van der Waals surface area contributed by atoms with Crippen molar-refractivity contribution in [1.29, 1.82) is 0 Å². The molecule has 0 radical (unpaired) electrons. The molecule has 0 N–H and O–H groups in total. The molecule has 0 aliphatic carbocycles. The van der Waals surface area contributed by atoms with E-state index in [0.29, 0.717) is 29.4 Å². The predicted octanol–water partition coefficient (Wildman–Crippen LogP) is 8.41. The standard InChI is InChI=1S/C33H39N5O5SSi/c1-10-41-32(39)38(23-11-12-34-21(3)14-23)43-24-13-20(2)29-27(17-24)44-31(37-29)25-15-22(19-42-45(8,9)33(4,5)6)16-26-30(25)35-18-28(36-26)40-7/h11-18H,10,19H2,1-9H3. The van der Waals surface area contributed by atoms with Crippen molar-refractivity contribution in [1.82, 2.24) is 19.9 Å². The van der Waals surface area contributed by atoms with Gasteiger partial charge in [-0.05, 0) is 80.4 Å². The first kappa shape index (κ1) is 32.3. The second-order valence-corrected chi connectivity index (χ2v) is 18.2. The molecule has 0 spiro atoms.